The number of ether oxygens (including phenoxy) is 1. The molecule has 0 radical (unpaired) electrons. The van der Waals surface area contributed by atoms with Gasteiger partial charge < -0.3 is 20.3 Å². The number of guanidine groups is 1. The van der Waals surface area contributed by atoms with Crippen LogP contribution in [0.4, 0.5) is 0 Å². The van der Waals surface area contributed by atoms with Gasteiger partial charge in [0, 0.05) is 39.1 Å². The number of hydrogen-bond donors (Lipinski definition) is 2. The maximum atomic E-state index is 11.8. The molecule has 0 aromatic heterocycles. The van der Waals surface area contributed by atoms with Crippen LogP contribution in [0.1, 0.15) is 45.4 Å². The average molecular weight is 338 g/mol. The summed E-state index contributed by atoms with van der Waals surface area (Å²) >= 11 is 0. The standard InChI is InChI=1S/C17H30N4O3/c1-3-24-16(23)13-8-11-21(12-9-13)17(18-2)19-10-4-5-15(22)20-14-6-7-14/h13-14H,3-12H2,1-2H3,(H,18,19)(H,20,22). The molecule has 0 spiro atoms. The first-order valence-electron chi connectivity index (χ1n) is 9.05. The molecule has 0 aromatic carbocycles. The Labute approximate surface area is 144 Å². The number of hydrogen-bond acceptors (Lipinski definition) is 4. The number of nitrogens with one attached hydrogen (secondary N) is 2. The number of amides is 1. The van der Waals surface area contributed by atoms with Gasteiger partial charge >= 0.3 is 5.97 Å². The molecule has 7 nitrogen and oxygen atoms in total. The zero-order valence-electron chi connectivity index (χ0n) is 14.8. The van der Waals surface area contributed by atoms with E-state index >= 15 is 0 Å². The quantitative estimate of drug-likeness (QED) is 0.312. The van der Waals surface area contributed by atoms with Gasteiger partial charge in [0.25, 0.3) is 0 Å². The fraction of sp³-hybridized carbons (Fsp3) is 0.824. The molecule has 7 heteroatoms. The third kappa shape index (κ3) is 6.02. The van der Waals surface area contributed by atoms with Crippen LogP contribution in [0.3, 0.4) is 0 Å². The van der Waals surface area contributed by atoms with Crippen molar-refractivity contribution >= 4 is 17.8 Å². The Balaban J connectivity index is 1.63. The fourth-order valence-electron chi connectivity index (χ4n) is 2.90. The van der Waals surface area contributed by atoms with Crippen LogP contribution in [-0.2, 0) is 14.3 Å². The summed E-state index contributed by atoms with van der Waals surface area (Å²) in [5, 5.41) is 6.31. The van der Waals surface area contributed by atoms with E-state index < -0.39 is 0 Å². The molecular weight excluding hydrogens is 308 g/mol. The van der Waals surface area contributed by atoms with E-state index in [1.807, 2.05) is 6.92 Å². The van der Waals surface area contributed by atoms with E-state index in [-0.39, 0.29) is 17.8 Å². The molecule has 1 saturated carbocycles. The molecule has 1 aliphatic heterocycles. The maximum Gasteiger partial charge on any atom is 0.309 e. The summed E-state index contributed by atoms with van der Waals surface area (Å²) in [5.41, 5.74) is 0. The van der Waals surface area contributed by atoms with E-state index in [2.05, 4.69) is 20.5 Å². The first kappa shape index (κ1) is 18.5. The van der Waals surface area contributed by atoms with Crippen molar-refractivity contribution in [1.29, 1.82) is 0 Å². The van der Waals surface area contributed by atoms with Crippen molar-refractivity contribution in [2.24, 2.45) is 10.9 Å². The molecule has 2 N–H and O–H groups in total. The topological polar surface area (TPSA) is 83.0 Å². The second-order valence-electron chi connectivity index (χ2n) is 6.43. The van der Waals surface area contributed by atoms with Crippen molar-refractivity contribution in [3.8, 4) is 0 Å². The Hall–Kier alpha value is -1.79. The number of carbonyl (C=O) groups is 2. The van der Waals surface area contributed by atoms with Crippen molar-refractivity contribution in [3.63, 3.8) is 0 Å². The zero-order chi connectivity index (χ0) is 17.4. The molecule has 0 bridgehead atoms. The highest BCUT2D eigenvalue weighted by atomic mass is 16.5. The molecule has 2 fully saturated rings. The van der Waals surface area contributed by atoms with Crippen molar-refractivity contribution in [1.82, 2.24) is 15.5 Å². The summed E-state index contributed by atoms with van der Waals surface area (Å²) < 4.78 is 5.10. The van der Waals surface area contributed by atoms with Gasteiger partial charge in [-0.3, -0.25) is 14.6 Å². The van der Waals surface area contributed by atoms with Gasteiger partial charge in [-0.1, -0.05) is 0 Å². The lowest BCUT2D eigenvalue weighted by Crippen LogP contribution is -2.47. The van der Waals surface area contributed by atoms with Gasteiger partial charge in [-0.2, -0.15) is 0 Å². The third-order valence-corrected chi connectivity index (χ3v) is 4.43. The van der Waals surface area contributed by atoms with Gasteiger partial charge in [0.2, 0.25) is 5.91 Å². The number of likely N-dealkylation sites (tertiary alicyclic amines) is 1. The largest absolute Gasteiger partial charge is 0.466 e. The van der Waals surface area contributed by atoms with E-state index in [0.29, 0.717) is 19.1 Å². The highest BCUT2D eigenvalue weighted by Gasteiger charge is 2.27. The van der Waals surface area contributed by atoms with E-state index in [4.69, 9.17) is 4.74 Å². The minimum Gasteiger partial charge on any atom is -0.466 e. The summed E-state index contributed by atoms with van der Waals surface area (Å²) in [6.45, 7) is 4.60. The summed E-state index contributed by atoms with van der Waals surface area (Å²) in [7, 11) is 1.76. The second kappa shape index (κ2) is 9.49. The molecule has 136 valence electrons. The van der Waals surface area contributed by atoms with Gasteiger partial charge in [0.1, 0.15) is 0 Å². The van der Waals surface area contributed by atoms with Gasteiger partial charge in [-0.05, 0) is 39.0 Å². The minimum atomic E-state index is -0.0817. The Morgan fingerprint density at radius 3 is 2.50 bits per heavy atom. The van der Waals surface area contributed by atoms with Gasteiger partial charge in [-0.25, -0.2) is 0 Å². The zero-order valence-corrected chi connectivity index (χ0v) is 14.8. The van der Waals surface area contributed by atoms with E-state index in [0.717, 1.165) is 57.7 Å². The Kier molecular flexibility index (Phi) is 7.34. The van der Waals surface area contributed by atoms with E-state index in [1.165, 1.54) is 0 Å². The third-order valence-electron chi connectivity index (χ3n) is 4.43. The lowest BCUT2D eigenvalue weighted by molar-refractivity contribution is -0.149. The molecule has 0 unspecified atom stereocenters. The Morgan fingerprint density at radius 1 is 1.21 bits per heavy atom. The first-order chi connectivity index (χ1) is 11.6. The van der Waals surface area contributed by atoms with Gasteiger partial charge in [-0.15, -0.1) is 0 Å². The van der Waals surface area contributed by atoms with Crippen LogP contribution in [0.5, 0.6) is 0 Å². The molecule has 24 heavy (non-hydrogen) atoms. The number of nitrogens with zero attached hydrogens (tertiary/aromatic N) is 2. The fourth-order valence-corrected chi connectivity index (χ4v) is 2.90. The number of esters is 1. The second-order valence-corrected chi connectivity index (χ2v) is 6.43. The Morgan fingerprint density at radius 2 is 1.92 bits per heavy atom. The van der Waals surface area contributed by atoms with Crippen LogP contribution >= 0.6 is 0 Å². The smallest absolute Gasteiger partial charge is 0.309 e. The highest BCUT2D eigenvalue weighted by Crippen LogP contribution is 2.19. The first-order valence-corrected chi connectivity index (χ1v) is 9.05. The predicted octanol–water partition coefficient (Wildman–Crippen LogP) is 0.896. The van der Waals surface area contributed by atoms with E-state index in [9.17, 15) is 9.59 Å². The number of aliphatic imine (C=N–C) groups is 1. The average Bonchev–Trinajstić information content (AvgIpc) is 3.39. The monoisotopic (exact) mass is 338 g/mol. The number of carbonyl (C=O) groups excluding carboxylic acids is 2. The molecule has 2 rings (SSSR count). The lowest BCUT2D eigenvalue weighted by atomic mass is 9.97. The molecule has 1 aliphatic carbocycles. The van der Waals surface area contributed by atoms with Crippen LogP contribution in [0.2, 0.25) is 0 Å². The molecule has 0 aromatic rings. The molecular formula is C17H30N4O3. The van der Waals surface area contributed by atoms with Crippen LogP contribution < -0.4 is 10.6 Å². The minimum absolute atomic E-state index is 0.00502. The van der Waals surface area contributed by atoms with Crippen molar-refractivity contribution in [2.75, 3.05) is 33.3 Å². The SMILES string of the molecule is CCOC(=O)C1CCN(C(=NC)NCCCC(=O)NC2CC2)CC1. The van der Waals surface area contributed by atoms with Crippen LogP contribution in [0, 0.1) is 5.92 Å². The summed E-state index contributed by atoms with van der Waals surface area (Å²) in [6, 6.07) is 0.430. The maximum absolute atomic E-state index is 11.8. The van der Waals surface area contributed by atoms with Crippen molar-refractivity contribution in [2.45, 2.75) is 51.5 Å². The molecule has 2 aliphatic rings. The van der Waals surface area contributed by atoms with Gasteiger partial charge in [0.15, 0.2) is 5.96 Å². The molecule has 0 atom stereocenters. The highest BCUT2D eigenvalue weighted by molar-refractivity contribution is 5.80. The molecule has 1 saturated heterocycles. The number of piperidine rings is 1. The van der Waals surface area contributed by atoms with Crippen LogP contribution in [-0.4, -0.2) is 62.1 Å². The van der Waals surface area contributed by atoms with Crippen molar-refractivity contribution in [3.05, 3.63) is 0 Å². The summed E-state index contributed by atoms with van der Waals surface area (Å²) in [6.07, 6.45) is 5.17. The lowest BCUT2D eigenvalue weighted by Gasteiger charge is -2.33. The van der Waals surface area contributed by atoms with Crippen LogP contribution in [0.25, 0.3) is 0 Å². The summed E-state index contributed by atoms with van der Waals surface area (Å²) in [4.78, 5) is 29.9. The van der Waals surface area contributed by atoms with E-state index in [1.54, 1.807) is 7.05 Å². The predicted molar refractivity (Wildman–Crippen MR) is 92.7 cm³/mol. The summed E-state index contributed by atoms with van der Waals surface area (Å²) in [5.74, 6) is 0.914. The van der Waals surface area contributed by atoms with Crippen molar-refractivity contribution < 1.29 is 14.3 Å². The number of rotatable bonds is 7. The molecule has 1 heterocycles. The normalized spacial score (nSPS) is 19.1. The van der Waals surface area contributed by atoms with Gasteiger partial charge in [0.05, 0.1) is 12.5 Å². The molecule has 1 amide bonds. The Bertz CT molecular complexity index is 455. The van der Waals surface area contributed by atoms with Crippen LogP contribution in [0.15, 0.2) is 4.99 Å².